The van der Waals surface area contributed by atoms with E-state index in [1.54, 1.807) is 6.92 Å². The van der Waals surface area contributed by atoms with Gasteiger partial charge in [0.25, 0.3) is 0 Å². The molecule has 0 amide bonds. The van der Waals surface area contributed by atoms with Crippen molar-refractivity contribution in [2.24, 2.45) is 11.3 Å². The highest BCUT2D eigenvalue weighted by Gasteiger charge is 2.56. The van der Waals surface area contributed by atoms with E-state index < -0.39 is 5.41 Å². The number of cyclic esters (lactones) is 1. The summed E-state index contributed by atoms with van der Waals surface area (Å²) in [6.45, 7) is 9.80. The first-order valence-corrected chi connectivity index (χ1v) is 8.11. The normalized spacial score (nSPS) is 28.6. The van der Waals surface area contributed by atoms with Gasteiger partial charge in [-0.05, 0) is 47.0 Å². The van der Waals surface area contributed by atoms with Crippen molar-refractivity contribution >= 4 is 11.8 Å². The van der Waals surface area contributed by atoms with Gasteiger partial charge in [0, 0.05) is 17.9 Å². The van der Waals surface area contributed by atoms with E-state index in [1.165, 1.54) is 5.57 Å². The van der Waals surface area contributed by atoms with E-state index in [1.807, 2.05) is 27.7 Å². The molecule has 3 nitrogen and oxygen atoms in total. The highest BCUT2D eigenvalue weighted by molar-refractivity contribution is 6.15. The predicted octanol–water partition coefficient (Wildman–Crippen LogP) is 4.50. The first-order valence-electron chi connectivity index (χ1n) is 8.11. The molecule has 2 atom stereocenters. The molecule has 0 aromatic rings. The van der Waals surface area contributed by atoms with Crippen LogP contribution in [0, 0.1) is 11.3 Å². The SMILES string of the molecule is CCC1=C(C)C(=O)C2(CCC=C(C)C2CC=C(C)C)C(=O)O1. The Morgan fingerprint density at radius 3 is 2.64 bits per heavy atom. The fourth-order valence-electron chi connectivity index (χ4n) is 3.66. The van der Waals surface area contributed by atoms with Gasteiger partial charge < -0.3 is 4.74 Å². The van der Waals surface area contributed by atoms with E-state index in [4.69, 9.17) is 4.74 Å². The maximum atomic E-state index is 13.1. The van der Waals surface area contributed by atoms with Crippen LogP contribution < -0.4 is 0 Å². The lowest BCUT2D eigenvalue weighted by Gasteiger charge is -2.43. The monoisotopic (exact) mass is 302 g/mol. The molecule has 22 heavy (non-hydrogen) atoms. The second-order valence-electron chi connectivity index (χ2n) is 6.65. The van der Waals surface area contributed by atoms with Crippen LogP contribution in [-0.2, 0) is 14.3 Å². The molecule has 0 saturated heterocycles. The van der Waals surface area contributed by atoms with Gasteiger partial charge >= 0.3 is 5.97 Å². The zero-order valence-electron chi connectivity index (χ0n) is 14.3. The number of esters is 1. The molecule has 3 heteroatoms. The van der Waals surface area contributed by atoms with E-state index >= 15 is 0 Å². The van der Waals surface area contributed by atoms with Crippen LogP contribution in [0.2, 0.25) is 0 Å². The molecule has 2 rings (SSSR count). The Balaban J connectivity index is 2.52. The third kappa shape index (κ3) is 2.57. The third-order valence-corrected chi connectivity index (χ3v) is 4.98. The van der Waals surface area contributed by atoms with E-state index in [2.05, 4.69) is 12.2 Å². The molecule has 1 aliphatic heterocycles. The Bertz CT molecular complexity index is 588. The van der Waals surface area contributed by atoms with E-state index in [0.29, 0.717) is 30.6 Å². The van der Waals surface area contributed by atoms with Crippen molar-refractivity contribution in [1.82, 2.24) is 0 Å². The smallest absolute Gasteiger partial charge is 0.325 e. The number of allylic oxidation sites excluding steroid dienone is 6. The number of hydrogen-bond acceptors (Lipinski definition) is 3. The highest BCUT2D eigenvalue weighted by Crippen LogP contribution is 2.49. The van der Waals surface area contributed by atoms with Gasteiger partial charge in [0.05, 0.1) is 0 Å². The molecule has 0 fully saturated rings. The van der Waals surface area contributed by atoms with Gasteiger partial charge in [-0.1, -0.05) is 30.2 Å². The molecule has 1 aliphatic carbocycles. The van der Waals surface area contributed by atoms with Gasteiger partial charge in [0.1, 0.15) is 11.2 Å². The third-order valence-electron chi connectivity index (χ3n) is 4.98. The summed E-state index contributed by atoms with van der Waals surface area (Å²) in [4.78, 5) is 25.8. The first kappa shape index (κ1) is 16.7. The number of rotatable bonds is 3. The van der Waals surface area contributed by atoms with Gasteiger partial charge in [-0.3, -0.25) is 9.59 Å². The molecule has 0 N–H and O–H groups in total. The van der Waals surface area contributed by atoms with Crippen molar-refractivity contribution in [2.45, 2.75) is 60.3 Å². The molecule has 2 unspecified atom stereocenters. The number of ether oxygens (including phenoxy) is 1. The van der Waals surface area contributed by atoms with Crippen LogP contribution in [0.15, 0.2) is 34.6 Å². The van der Waals surface area contributed by atoms with E-state index in [-0.39, 0.29) is 17.7 Å². The van der Waals surface area contributed by atoms with Crippen LogP contribution in [0.1, 0.15) is 60.3 Å². The molecule has 2 aliphatic rings. The summed E-state index contributed by atoms with van der Waals surface area (Å²) in [6.07, 6.45) is 6.87. The Morgan fingerprint density at radius 1 is 1.36 bits per heavy atom. The lowest BCUT2D eigenvalue weighted by Crippen LogP contribution is -2.51. The summed E-state index contributed by atoms with van der Waals surface area (Å²) in [5.74, 6) is 0.0677. The number of hydrogen-bond donors (Lipinski definition) is 0. The van der Waals surface area contributed by atoms with Crippen LogP contribution in [-0.4, -0.2) is 11.8 Å². The first-order chi connectivity index (χ1) is 10.3. The molecule has 0 radical (unpaired) electrons. The van der Waals surface area contributed by atoms with Gasteiger partial charge in [0.15, 0.2) is 5.78 Å². The Hall–Kier alpha value is -1.64. The average Bonchev–Trinajstić information content (AvgIpc) is 2.47. The van der Waals surface area contributed by atoms with E-state index in [0.717, 1.165) is 12.0 Å². The van der Waals surface area contributed by atoms with Crippen molar-refractivity contribution in [2.75, 3.05) is 0 Å². The van der Waals surface area contributed by atoms with Crippen LogP contribution in [0.4, 0.5) is 0 Å². The summed E-state index contributed by atoms with van der Waals surface area (Å²) in [6, 6.07) is 0. The fraction of sp³-hybridized carbons (Fsp3) is 0.579. The summed E-state index contributed by atoms with van der Waals surface area (Å²) >= 11 is 0. The molecule has 0 bridgehead atoms. The summed E-state index contributed by atoms with van der Waals surface area (Å²) < 4.78 is 5.57. The highest BCUT2D eigenvalue weighted by atomic mass is 16.5. The molecule has 0 aromatic carbocycles. The summed E-state index contributed by atoms with van der Waals surface area (Å²) in [7, 11) is 0. The summed E-state index contributed by atoms with van der Waals surface area (Å²) in [5.41, 5.74) is 1.93. The zero-order chi connectivity index (χ0) is 16.5. The van der Waals surface area contributed by atoms with Crippen LogP contribution in [0.5, 0.6) is 0 Å². The van der Waals surface area contributed by atoms with Crippen molar-refractivity contribution < 1.29 is 14.3 Å². The maximum Gasteiger partial charge on any atom is 0.325 e. The van der Waals surface area contributed by atoms with Crippen molar-refractivity contribution in [3.63, 3.8) is 0 Å². The Kier molecular flexibility index (Phi) is 4.74. The number of ketones is 1. The predicted molar refractivity (Wildman–Crippen MR) is 87.1 cm³/mol. The second kappa shape index (κ2) is 6.23. The molecular weight excluding hydrogens is 276 g/mol. The van der Waals surface area contributed by atoms with Gasteiger partial charge in [0.2, 0.25) is 0 Å². The Morgan fingerprint density at radius 2 is 2.05 bits per heavy atom. The van der Waals surface area contributed by atoms with Gasteiger partial charge in [-0.15, -0.1) is 0 Å². The van der Waals surface area contributed by atoms with Crippen LogP contribution in [0.3, 0.4) is 0 Å². The molecule has 1 spiro atoms. The minimum absolute atomic E-state index is 0.0276. The molecule has 0 aromatic heterocycles. The second-order valence-corrected chi connectivity index (χ2v) is 6.65. The fourth-order valence-corrected chi connectivity index (χ4v) is 3.66. The van der Waals surface area contributed by atoms with Gasteiger partial charge in [-0.25, -0.2) is 0 Å². The molecule has 1 heterocycles. The molecular formula is C19H26O3. The number of carbonyl (C=O) groups excluding carboxylic acids is 2. The number of carbonyl (C=O) groups is 2. The molecule has 120 valence electrons. The topological polar surface area (TPSA) is 43.4 Å². The largest absolute Gasteiger partial charge is 0.430 e. The molecule has 0 saturated carbocycles. The summed E-state index contributed by atoms with van der Waals surface area (Å²) in [5, 5.41) is 0. The average molecular weight is 302 g/mol. The lowest BCUT2D eigenvalue weighted by molar-refractivity contribution is -0.163. The lowest BCUT2D eigenvalue weighted by atomic mass is 9.60. The van der Waals surface area contributed by atoms with Crippen LogP contribution in [0.25, 0.3) is 0 Å². The minimum atomic E-state index is -1.02. The van der Waals surface area contributed by atoms with Crippen molar-refractivity contribution in [1.29, 1.82) is 0 Å². The maximum absolute atomic E-state index is 13.1. The number of Topliss-reactive ketones (excluding diaryl/α,β-unsaturated/α-hetero) is 1. The Labute approximate surface area is 133 Å². The van der Waals surface area contributed by atoms with Crippen molar-refractivity contribution in [3.8, 4) is 0 Å². The van der Waals surface area contributed by atoms with Gasteiger partial charge in [-0.2, -0.15) is 0 Å². The quantitative estimate of drug-likeness (QED) is 0.438. The van der Waals surface area contributed by atoms with E-state index in [9.17, 15) is 9.59 Å². The standard InChI is InChI=1S/C19H26O3/c1-6-16-14(5)17(20)19(18(21)22-16)11-7-8-13(4)15(19)10-9-12(2)3/h8-9,15H,6-7,10-11H2,1-5H3. The van der Waals surface area contributed by atoms with Crippen molar-refractivity contribution in [3.05, 3.63) is 34.6 Å². The minimum Gasteiger partial charge on any atom is -0.430 e. The zero-order valence-corrected chi connectivity index (χ0v) is 14.3. The van der Waals surface area contributed by atoms with Crippen LogP contribution >= 0.6 is 0 Å².